The minimum Gasteiger partial charge on any atom is -0.373 e. The van der Waals surface area contributed by atoms with Crippen LogP contribution in [0.15, 0.2) is 0 Å². The maximum absolute atomic E-state index is 11.7. The Labute approximate surface area is 90.5 Å². The molecule has 0 aliphatic carbocycles. The highest BCUT2D eigenvalue weighted by molar-refractivity contribution is 5.81. The van der Waals surface area contributed by atoms with E-state index < -0.39 is 0 Å². The Hall–Kier alpha value is -0.610. The van der Waals surface area contributed by atoms with Crippen molar-refractivity contribution < 1.29 is 9.53 Å². The molecule has 0 aromatic heterocycles. The lowest BCUT2D eigenvalue weighted by atomic mass is 9.95. The van der Waals surface area contributed by atoms with Gasteiger partial charge in [-0.25, -0.2) is 0 Å². The van der Waals surface area contributed by atoms with Crippen LogP contribution in [0.25, 0.3) is 0 Å². The molecule has 2 heterocycles. The zero-order chi connectivity index (χ0) is 10.8. The minimum absolute atomic E-state index is 0.0157. The van der Waals surface area contributed by atoms with Crippen LogP contribution in [0.2, 0.25) is 0 Å². The van der Waals surface area contributed by atoms with Crippen molar-refractivity contribution in [3.8, 4) is 0 Å². The molecule has 2 saturated heterocycles. The lowest BCUT2D eigenvalue weighted by Gasteiger charge is -2.21. The molecule has 1 amide bonds. The van der Waals surface area contributed by atoms with Crippen LogP contribution in [-0.4, -0.2) is 30.2 Å². The Bertz CT molecular complexity index is 245. The van der Waals surface area contributed by atoms with Crippen molar-refractivity contribution in [1.82, 2.24) is 5.32 Å². The number of nitrogens with one attached hydrogen (secondary N) is 1. The average Bonchev–Trinajstić information content (AvgIpc) is 2.79. The van der Waals surface area contributed by atoms with Crippen molar-refractivity contribution in [2.24, 2.45) is 5.73 Å². The average molecular weight is 212 g/mol. The first-order valence-electron chi connectivity index (χ1n) is 5.92. The van der Waals surface area contributed by atoms with Gasteiger partial charge in [0, 0.05) is 0 Å². The van der Waals surface area contributed by atoms with Gasteiger partial charge >= 0.3 is 0 Å². The maximum atomic E-state index is 11.7. The van der Waals surface area contributed by atoms with E-state index in [2.05, 4.69) is 5.32 Å². The van der Waals surface area contributed by atoms with E-state index >= 15 is 0 Å². The molecule has 4 unspecified atom stereocenters. The Kier molecular flexibility index (Phi) is 3.26. The van der Waals surface area contributed by atoms with Crippen molar-refractivity contribution in [2.45, 2.75) is 63.3 Å². The van der Waals surface area contributed by atoms with Gasteiger partial charge in [-0.2, -0.15) is 0 Å². The second-order valence-electron chi connectivity index (χ2n) is 4.62. The van der Waals surface area contributed by atoms with Gasteiger partial charge in [-0.15, -0.1) is 0 Å². The van der Waals surface area contributed by atoms with E-state index in [1.54, 1.807) is 0 Å². The molecule has 0 spiro atoms. The minimum atomic E-state index is -0.353. The summed E-state index contributed by atoms with van der Waals surface area (Å²) in [7, 11) is 0. The van der Waals surface area contributed by atoms with Crippen molar-refractivity contribution in [3.05, 3.63) is 0 Å². The van der Waals surface area contributed by atoms with Crippen molar-refractivity contribution in [1.29, 1.82) is 0 Å². The van der Waals surface area contributed by atoms with Crippen LogP contribution in [0.3, 0.4) is 0 Å². The summed E-state index contributed by atoms with van der Waals surface area (Å²) >= 11 is 0. The van der Waals surface area contributed by atoms with Gasteiger partial charge in [0.1, 0.15) is 0 Å². The van der Waals surface area contributed by atoms with Gasteiger partial charge in [0.2, 0.25) is 5.91 Å². The van der Waals surface area contributed by atoms with Crippen LogP contribution < -0.4 is 11.1 Å². The zero-order valence-corrected chi connectivity index (χ0v) is 9.24. The SMILES string of the molecule is CCCC(N)C(=O)NC1CC2CCC1O2. The highest BCUT2D eigenvalue weighted by Gasteiger charge is 2.41. The normalized spacial score (nSPS) is 35.5. The molecule has 2 rings (SSSR count). The van der Waals surface area contributed by atoms with Crippen molar-refractivity contribution in [3.63, 3.8) is 0 Å². The van der Waals surface area contributed by atoms with E-state index in [0.717, 1.165) is 32.1 Å². The second kappa shape index (κ2) is 4.49. The molecule has 0 radical (unpaired) electrons. The van der Waals surface area contributed by atoms with Gasteiger partial charge in [0.25, 0.3) is 0 Å². The van der Waals surface area contributed by atoms with Gasteiger partial charge in [-0.1, -0.05) is 13.3 Å². The third-order valence-electron chi connectivity index (χ3n) is 3.37. The molecular weight excluding hydrogens is 192 g/mol. The molecule has 3 N–H and O–H groups in total. The van der Waals surface area contributed by atoms with Gasteiger partial charge in [0.15, 0.2) is 0 Å². The van der Waals surface area contributed by atoms with Crippen LogP contribution in [0, 0.1) is 0 Å². The summed E-state index contributed by atoms with van der Waals surface area (Å²) in [6.07, 6.45) is 5.52. The lowest BCUT2D eigenvalue weighted by molar-refractivity contribution is -0.123. The number of ether oxygens (including phenoxy) is 1. The van der Waals surface area contributed by atoms with E-state index in [0.29, 0.717) is 6.10 Å². The fourth-order valence-corrected chi connectivity index (χ4v) is 2.52. The number of rotatable bonds is 4. The number of carbonyl (C=O) groups excluding carboxylic acids is 1. The first-order valence-corrected chi connectivity index (χ1v) is 5.92. The summed E-state index contributed by atoms with van der Waals surface area (Å²) < 4.78 is 5.67. The van der Waals surface area contributed by atoms with Crippen LogP contribution in [0.5, 0.6) is 0 Å². The van der Waals surface area contributed by atoms with Crippen LogP contribution in [0.4, 0.5) is 0 Å². The fraction of sp³-hybridized carbons (Fsp3) is 0.909. The smallest absolute Gasteiger partial charge is 0.237 e. The summed E-state index contributed by atoms with van der Waals surface area (Å²) in [5.41, 5.74) is 5.75. The lowest BCUT2D eigenvalue weighted by Crippen LogP contribution is -2.48. The van der Waals surface area contributed by atoms with E-state index in [9.17, 15) is 4.79 Å². The molecule has 2 aliphatic heterocycles. The van der Waals surface area contributed by atoms with E-state index in [4.69, 9.17) is 10.5 Å². The Morgan fingerprint density at radius 1 is 1.60 bits per heavy atom. The van der Waals surface area contributed by atoms with Gasteiger partial charge in [0.05, 0.1) is 24.3 Å². The van der Waals surface area contributed by atoms with Crippen LogP contribution >= 0.6 is 0 Å². The highest BCUT2D eigenvalue weighted by Crippen LogP contribution is 2.34. The summed E-state index contributed by atoms with van der Waals surface area (Å²) in [6, 6.07) is -0.145. The summed E-state index contributed by atoms with van der Waals surface area (Å²) in [6.45, 7) is 2.04. The third kappa shape index (κ3) is 2.32. The van der Waals surface area contributed by atoms with E-state index in [1.807, 2.05) is 6.92 Å². The Morgan fingerprint density at radius 2 is 2.40 bits per heavy atom. The monoisotopic (exact) mass is 212 g/mol. The molecule has 2 aliphatic rings. The number of carbonyl (C=O) groups is 1. The van der Waals surface area contributed by atoms with Crippen molar-refractivity contribution in [2.75, 3.05) is 0 Å². The third-order valence-corrected chi connectivity index (χ3v) is 3.37. The summed E-state index contributed by atoms with van der Waals surface area (Å²) in [5.74, 6) is -0.0157. The summed E-state index contributed by atoms with van der Waals surface area (Å²) in [5, 5.41) is 3.01. The maximum Gasteiger partial charge on any atom is 0.237 e. The molecule has 0 aromatic carbocycles. The molecule has 15 heavy (non-hydrogen) atoms. The van der Waals surface area contributed by atoms with Crippen molar-refractivity contribution >= 4 is 5.91 Å². The topological polar surface area (TPSA) is 64.4 Å². The summed E-state index contributed by atoms with van der Waals surface area (Å²) in [4.78, 5) is 11.7. The standard InChI is InChI=1S/C11H20N2O2/c1-2-3-8(12)11(14)13-9-6-7-4-5-10(9)15-7/h7-10H,2-6,12H2,1H3,(H,13,14). The molecule has 4 nitrogen and oxygen atoms in total. The van der Waals surface area contributed by atoms with Gasteiger partial charge in [-0.3, -0.25) is 4.79 Å². The van der Waals surface area contributed by atoms with Crippen LogP contribution in [0.1, 0.15) is 39.0 Å². The molecule has 2 fully saturated rings. The molecule has 0 aromatic rings. The molecular formula is C11H20N2O2. The molecule has 0 saturated carbocycles. The van der Waals surface area contributed by atoms with Gasteiger partial charge < -0.3 is 15.8 Å². The zero-order valence-electron chi connectivity index (χ0n) is 9.24. The van der Waals surface area contributed by atoms with Gasteiger partial charge in [-0.05, 0) is 25.7 Å². The number of fused-ring (bicyclic) bond motifs is 2. The Morgan fingerprint density at radius 3 is 2.93 bits per heavy atom. The van der Waals surface area contributed by atoms with E-state index in [-0.39, 0.29) is 24.1 Å². The van der Waals surface area contributed by atoms with E-state index in [1.165, 1.54) is 0 Å². The fourth-order valence-electron chi connectivity index (χ4n) is 2.52. The molecule has 2 bridgehead atoms. The number of hydrogen-bond acceptors (Lipinski definition) is 3. The molecule has 4 heteroatoms. The second-order valence-corrected chi connectivity index (χ2v) is 4.62. The largest absolute Gasteiger partial charge is 0.373 e. The number of hydrogen-bond donors (Lipinski definition) is 2. The van der Waals surface area contributed by atoms with Crippen LogP contribution in [-0.2, 0) is 9.53 Å². The first kappa shape index (κ1) is 10.9. The predicted octanol–water partition coefficient (Wildman–Crippen LogP) is 0.550. The quantitative estimate of drug-likeness (QED) is 0.715. The number of nitrogens with two attached hydrogens (primary N) is 1. The highest BCUT2D eigenvalue weighted by atomic mass is 16.5. The molecule has 86 valence electrons. The Balaban J connectivity index is 1.79. The predicted molar refractivity (Wildman–Crippen MR) is 57.3 cm³/mol. The molecule has 4 atom stereocenters. The first-order chi connectivity index (χ1) is 7.20. The number of amides is 1.